The van der Waals surface area contributed by atoms with Crippen LogP contribution in [0.5, 0.6) is 0 Å². The number of aldehydes is 1. The van der Waals surface area contributed by atoms with Gasteiger partial charge in [0.2, 0.25) is 0 Å². The van der Waals surface area contributed by atoms with E-state index in [2.05, 4.69) is 5.32 Å². The van der Waals surface area contributed by atoms with Crippen molar-refractivity contribution >= 4 is 29.7 Å². The molecule has 23 heavy (non-hydrogen) atoms. The van der Waals surface area contributed by atoms with E-state index in [1.165, 1.54) is 0 Å². The fraction of sp³-hybridized carbons (Fsp3) is 0.176. The molecule has 0 bridgehead atoms. The molecule has 6 heteroatoms. The minimum absolute atomic E-state index is 0.173. The zero-order valence-electron chi connectivity index (χ0n) is 12.7. The van der Waals surface area contributed by atoms with E-state index >= 15 is 0 Å². The van der Waals surface area contributed by atoms with Crippen LogP contribution in [0.4, 0.5) is 10.5 Å². The van der Waals surface area contributed by atoms with E-state index in [1.807, 2.05) is 0 Å². The number of anilines is 1. The van der Waals surface area contributed by atoms with Gasteiger partial charge in [-0.2, -0.15) is 0 Å². The van der Waals surface area contributed by atoms with Crippen LogP contribution in [0, 0.1) is 0 Å². The van der Waals surface area contributed by atoms with E-state index in [9.17, 15) is 9.59 Å². The molecule has 1 amide bonds. The predicted octanol–water partition coefficient (Wildman–Crippen LogP) is 3.44. The summed E-state index contributed by atoms with van der Waals surface area (Å²) in [5, 5.41) is 10.3. The van der Waals surface area contributed by atoms with E-state index in [4.69, 9.17) is 21.4 Å². The highest BCUT2D eigenvalue weighted by Gasteiger charge is 2.04. The van der Waals surface area contributed by atoms with Crippen molar-refractivity contribution in [3.05, 3.63) is 64.7 Å². The third-order valence-electron chi connectivity index (χ3n) is 2.80. The Balaban J connectivity index is 0.00000127. The number of carbonyl (C=O) groups excluding carboxylic acids is 2. The number of carbonyl (C=O) groups is 2. The van der Waals surface area contributed by atoms with E-state index in [-0.39, 0.29) is 6.61 Å². The molecule has 0 aliphatic rings. The van der Waals surface area contributed by atoms with Crippen LogP contribution in [0.15, 0.2) is 48.5 Å². The summed E-state index contributed by atoms with van der Waals surface area (Å²) < 4.78 is 5.10. The summed E-state index contributed by atoms with van der Waals surface area (Å²) in [5.41, 5.74) is 2.37. The standard InChI is InChI=1S/C16H14ClNO3.CH4O/c17-14-5-1-13(2-6-14)11-21-16(20)18-15-7-3-12(4-8-15)9-10-19;1-2/h1-8,10H,9,11H2,(H,18,20);2H,1H3. The van der Waals surface area contributed by atoms with Crippen LogP contribution >= 0.6 is 11.6 Å². The number of hydrogen-bond donors (Lipinski definition) is 2. The van der Waals surface area contributed by atoms with Crippen molar-refractivity contribution in [1.29, 1.82) is 0 Å². The van der Waals surface area contributed by atoms with Gasteiger partial charge in [-0.05, 0) is 35.4 Å². The van der Waals surface area contributed by atoms with Gasteiger partial charge in [0.05, 0.1) is 0 Å². The fourth-order valence-electron chi connectivity index (χ4n) is 1.70. The lowest BCUT2D eigenvalue weighted by Crippen LogP contribution is -2.13. The minimum Gasteiger partial charge on any atom is -0.444 e. The summed E-state index contributed by atoms with van der Waals surface area (Å²) in [4.78, 5) is 22.0. The Labute approximate surface area is 139 Å². The number of aliphatic hydroxyl groups excluding tert-OH is 1. The van der Waals surface area contributed by atoms with Gasteiger partial charge in [-0.25, -0.2) is 4.79 Å². The fourth-order valence-corrected chi connectivity index (χ4v) is 1.83. The van der Waals surface area contributed by atoms with Gasteiger partial charge in [0.1, 0.15) is 12.9 Å². The second-order valence-corrected chi connectivity index (χ2v) is 4.83. The van der Waals surface area contributed by atoms with Gasteiger partial charge in [0.15, 0.2) is 0 Å². The zero-order valence-corrected chi connectivity index (χ0v) is 13.4. The molecule has 0 spiro atoms. The molecule has 0 aromatic heterocycles. The van der Waals surface area contributed by atoms with Crippen LogP contribution in [0.1, 0.15) is 11.1 Å². The van der Waals surface area contributed by atoms with Crippen molar-refractivity contribution in [1.82, 2.24) is 0 Å². The summed E-state index contributed by atoms with van der Waals surface area (Å²) in [6.45, 7) is 0.173. The summed E-state index contributed by atoms with van der Waals surface area (Å²) in [6, 6.07) is 14.1. The molecule has 0 atom stereocenters. The third kappa shape index (κ3) is 6.95. The Morgan fingerprint density at radius 2 is 1.65 bits per heavy atom. The summed E-state index contributed by atoms with van der Waals surface area (Å²) in [6.07, 6.45) is 0.664. The van der Waals surface area contributed by atoms with Crippen molar-refractivity contribution in [2.45, 2.75) is 13.0 Å². The number of rotatable bonds is 5. The monoisotopic (exact) mass is 335 g/mol. The highest BCUT2D eigenvalue weighted by Crippen LogP contribution is 2.12. The number of benzene rings is 2. The molecule has 2 aromatic carbocycles. The molecule has 0 unspecified atom stereocenters. The summed E-state index contributed by atoms with van der Waals surface area (Å²) >= 11 is 5.77. The minimum atomic E-state index is -0.534. The molecule has 2 aromatic rings. The normalized spacial score (nSPS) is 9.35. The Morgan fingerprint density at radius 3 is 2.22 bits per heavy atom. The highest BCUT2D eigenvalue weighted by atomic mass is 35.5. The predicted molar refractivity (Wildman–Crippen MR) is 89.6 cm³/mol. The van der Waals surface area contributed by atoms with E-state index in [0.29, 0.717) is 17.1 Å². The van der Waals surface area contributed by atoms with Crippen molar-refractivity contribution < 1.29 is 19.4 Å². The van der Waals surface area contributed by atoms with Crippen molar-refractivity contribution in [3.8, 4) is 0 Å². The average molecular weight is 336 g/mol. The van der Waals surface area contributed by atoms with Gasteiger partial charge in [-0.1, -0.05) is 35.9 Å². The van der Waals surface area contributed by atoms with Gasteiger partial charge >= 0.3 is 6.09 Å². The Kier molecular flexibility index (Phi) is 8.42. The van der Waals surface area contributed by atoms with Crippen LogP contribution in [0.3, 0.4) is 0 Å². The second-order valence-electron chi connectivity index (χ2n) is 4.40. The van der Waals surface area contributed by atoms with Crippen LogP contribution in [0.25, 0.3) is 0 Å². The van der Waals surface area contributed by atoms with E-state index in [0.717, 1.165) is 24.5 Å². The van der Waals surface area contributed by atoms with Crippen molar-refractivity contribution in [2.24, 2.45) is 0 Å². The first-order valence-electron chi connectivity index (χ1n) is 6.83. The smallest absolute Gasteiger partial charge is 0.411 e. The molecule has 2 N–H and O–H groups in total. The molecule has 5 nitrogen and oxygen atoms in total. The van der Waals surface area contributed by atoms with E-state index < -0.39 is 6.09 Å². The lowest BCUT2D eigenvalue weighted by atomic mass is 10.1. The molecular formula is C17H18ClNO4. The van der Waals surface area contributed by atoms with Crippen LogP contribution < -0.4 is 5.32 Å². The Morgan fingerprint density at radius 1 is 1.09 bits per heavy atom. The Hall–Kier alpha value is -2.37. The Bertz CT molecular complexity index is 611. The average Bonchev–Trinajstić information content (AvgIpc) is 2.58. The number of ether oxygens (including phenoxy) is 1. The molecule has 0 radical (unpaired) electrons. The maximum absolute atomic E-state index is 11.6. The first kappa shape index (κ1) is 18.7. The molecular weight excluding hydrogens is 318 g/mol. The van der Waals surface area contributed by atoms with Gasteiger partial charge in [-0.3, -0.25) is 5.32 Å². The molecule has 0 saturated heterocycles. The second kappa shape index (κ2) is 10.4. The van der Waals surface area contributed by atoms with Gasteiger partial charge < -0.3 is 14.6 Å². The lowest BCUT2D eigenvalue weighted by Gasteiger charge is -2.07. The molecule has 122 valence electrons. The van der Waals surface area contributed by atoms with Crippen LogP contribution in [0.2, 0.25) is 5.02 Å². The molecule has 0 aliphatic heterocycles. The van der Waals surface area contributed by atoms with Gasteiger partial charge in [0.25, 0.3) is 0 Å². The lowest BCUT2D eigenvalue weighted by molar-refractivity contribution is -0.107. The van der Waals surface area contributed by atoms with Crippen LogP contribution in [-0.2, 0) is 22.6 Å². The number of halogens is 1. The number of nitrogens with one attached hydrogen (secondary N) is 1. The highest BCUT2D eigenvalue weighted by molar-refractivity contribution is 6.30. The topological polar surface area (TPSA) is 75.6 Å². The first-order valence-corrected chi connectivity index (χ1v) is 7.20. The zero-order chi connectivity index (χ0) is 17.1. The summed E-state index contributed by atoms with van der Waals surface area (Å²) in [7, 11) is 1.00. The molecule has 2 rings (SSSR count). The maximum Gasteiger partial charge on any atom is 0.411 e. The van der Waals surface area contributed by atoms with Gasteiger partial charge in [-0.15, -0.1) is 0 Å². The molecule has 0 aliphatic carbocycles. The third-order valence-corrected chi connectivity index (χ3v) is 3.05. The number of aliphatic hydroxyl groups is 1. The number of amides is 1. The maximum atomic E-state index is 11.6. The van der Waals surface area contributed by atoms with Crippen molar-refractivity contribution in [3.63, 3.8) is 0 Å². The number of hydrogen-bond acceptors (Lipinski definition) is 4. The molecule has 0 fully saturated rings. The van der Waals surface area contributed by atoms with E-state index in [1.54, 1.807) is 48.5 Å². The van der Waals surface area contributed by atoms with Crippen molar-refractivity contribution in [2.75, 3.05) is 12.4 Å². The van der Waals surface area contributed by atoms with Crippen LogP contribution in [-0.4, -0.2) is 24.6 Å². The first-order chi connectivity index (χ1) is 11.2. The largest absolute Gasteiger partial charge is 0.444 e. The van der Waals surface area contributed by atoms with Gasteiger partial charge in [0, 0.05) is 24.2 Å². The molecule has 0 heterocycles. The summed E-state index contributed by atoms with van der Waals surface area (Å²) in [5.74, 6) is 0. The SMILES string of the molecule is CO.O=CCc1ccc(NC(=O)OCc2ccc(Cl)cc2)cc1. The quantitative estimate of drug-likeness (QED) is 0.821. The molecule has 0 saturated carbocycles.